The summed E-state index contributed by atoms with van der Waals surface area (Å²) in [4.78, 5) is 48.4. The Labute approximate surface area is 767 Å². The number of allylic oxidation sites excluding steroid dienone is 1. The minimum atomic E-state index is -1.24. The summed E-state index contributed by atoms with van der Waals surface area (Å²) in [6.45, 7) is 6.56. The maximum absolute atomic E-state index is 11.3. The number of aliphatic hydroxyl groups is 1. The van der Waals surface area contributed by atoms with Crippen LogP contribution in [0.5, 0.6) is 5.75 Å². The summed E-state index contributed by atoms with van der Waals surface area (Å²) >= 11 is 5.85. The Morgan fingerprint density at radius 2 is 0.631 bits per heavy atom. The molecule has 0 fully saturated rings. The predicted molar refractivity (Wildman–Crippen MR) is 533 cm³/mol. The average molecular weight is 1770 g/mol. The van der Waals surface area contributed by atoms with Crippen LogP contribution in [0.4, 0.5) is 34.1 Å². The van der Waals surface area contributed by atoms with Gasteiger partial charge in [0.15, 0.2) is 6.79 Å². The second-order valence-corrected chi connectivity index (χ2v) is 33.7. The van der Waals surface area contributed by atoms with Crippen molar-refractivity contribution in [2.45, 2.75) is 0 Å². The summed E-state index contributed by atoms with van der Waals surface area (Å²) in [5.41, 5.74) is 20.0. The number of nitriles is 3. The lowest BCUT2D eigenvalue weighted by atomic mass is 10.0. The number of carbonyl (C=O) groups is 3. The fourth-order valence-electron chi connectivity index (χ4n) is 14.0. The zero-order chi connectivity index (χ0) is 90.2. The van der Waals surface area contributed by atoms with Crippen LogP contribution in [0.1, 0.15) is 64.0 Å². The van der Waals surface area contributed by atoms with E-state index in [0.29, 0.717) is 14.6 Å². The number of methoxy groups -OCH3 is 1. The molecular weight excluding hydrogens is 1690 g/mol. The molecule has 0 amide bonds. The third-order valence-corrected chi connectivity index (χ3v) is 25.1. The molecule has 16 rings (SSSR count). The van der Waals surface area contributed by atoms with E-state index in [1.54, 1.807) is 36.7 Å². The SMILES string of the molecule is N#C/C(=C/c1ccc(-c2ccc(/C=C/c3ccc(N(c4ccc(/C=C/c5ccc(-c6ccc(/C=C(\C#N)C(=O)O)s6)cc5)cc4)c4ccc(-c5ccccc5)cc4)cc3)cc2)s1)OCO.[C-]#[N+]/C(=C\c1ccc(-c2ccc(/C=C/c3ccc(N(c4ccc(/C=C/c5ccc(-c6ccc(/C=C(/C#N)C(=O)O)s6)cc5)cc4)c4ccc5cc(OC)ccc5c4)cc3)cc2)s1)C(=O)O. The Morgan fingerprint density at radius 1 is 0.338 bits per heavy atom. The van der Waals surface area contributed by atoms with Gasteiger partial charge in [-0.15, -0.1) is 45.3 Å². The highest BCUT2D eigenvalue weighted by Gasteiger charge is 2.19. The molecule has 130 heavy (non-hydrogen) atoms. The zero-order valence-corrected chi connectivity index (χ0v) is 72.8. The van der Waals surface area contributed by atoms with Crippen LogP contribution in [-0.4, -0.2) is 52.2 Å². The summed E-state index contributed by atoms with van der Waals surface area (Å²) in [6.07, 6.45) is 22.5. The number of nitrogens with zero attached hydrogens (tertiary/aromatic N) is 6. The number of carboxylic acid groups (broad SMARTS) is 3. The van der Waals surface area contributed by atoms with Gasteiger partial charge in [-0.05, 0) is 240 Å². The van der Waals surface area contributed by atoms with Crippen LogP contribution in [0.3, 0.4) is 0 Å². The molecule has 0 aliphatic rings. The molecule has 628 valence electrons. The van der Waals surface area contributed by atoms with Gasteiger partial charge in [0.25, 0.3) is 5.70 Å². The number of ether oxygens (including phenoxy) is 2. The first kappa shape index (κ1) is 88.0. The zero-order valence-electron chi connectivity index (χ0n) is 69.5. The number of thiophene rings is 4. The second-order valence-electron chi connectivity index (χ2n) is 29.3. The lowest BCUT2D eigenvalue weighted by Gasteiger charge is -2.26. The first-order valence-electron chi connectivity index (χ1n) is 40.7. The Morgan fingerprint density at radius 3 is 0.946 bits per heavy atom. The van der Waals surface area contributed by atoms with E-state index >= 15 is 0 Å². The van der Waals surface area contributed by atoms with Crippen LogP contribution in [0.15, 0.2) is 356 Å². The molecule has 4 aromatic heterocycles. The van der Waals surface area contributed by atoms with Gasteiger partial charge in [0.05, 0.1) is 13.7 Å². The molecule has 0 bridgehead atoms. The minimum absolute atomic E-state index is 0.0698. The molecule has 0 spiro atoms. The van der Waals surface area contributed by atoms with E-state index < -0.39 is 24.7 Å². The van der Waals surface area contributed by atoms with Crippen LogP contribution >= 0.6 is 45.3 Å². The lowest BCUT2D eigenvalue weighted by Crippen LogP contribution is -2.09. The summed E-state index contributed by atoms with van der Waals surface area (Å²) in [6, 6.07) is 119. The number of fused-ring (bicyclic) bond motifs is 1. The Bertz CT molecular complexity index is 7060. The van der Waals surface area contributed by atoms with E-state index in [4.69, 9.17) is 31.7 Å². The predicted octanol–water partition coefficient (Wildman–Crippen LogP) is 28.9. The molecule has 12 aromatic carbocycles. The second kappa shape index (κ2) is 42.2. The van der Waals surface area contributed by atoms with Gasteiger partial charge in [-0.2, -0.15) is 15.8 Å². The topological polar surface area (TPSA) is 233 Å². The number of anilines is 6. The Kier molecular flexibility index (Phi) is 28.6. The van der Waals surface area contributed by atoms with Crippen molar-refractivity contribution < 1.29 is 44.3 Å². The number of aliphatic hydroxyl groups excluding tert-OH is 1. The Hall–Kier alpha value is -16.9. The molecule has 16 aromatic rings. The number of hydrogen-bond acceptors (Lipinski definition) is 15. The number of benzene rings is 12. The maximum atomic E-state index is 11.3. The molecule has 4 heterocycles. The summed E-state index contributed by atoms with van der Waals surface area (Å²) in [7, 11) is 1.67. The fraction of sp³-hybridized carbons (Fsp3) is 0.0180. The van der Waals surface area contributed by atoms with Gasteiger partial charge in [-0.1, -0.05) is 249 Å². The number of rotatable bonds is 29. The van der Waals surface area contributed by atoms with Crippen molar-refractivity contribution in [2.24, 2.45) is 0 Å². The van der Waals surface area contributed by atoms with Crippen molar-refractivity contribution in [1.82, 2.24) is 0 Å². The van der Waals surface area contributed by atoms with Gasteiger partial charge >= 0.3 is 17.9 Å². The van der Waals surface area contributed by atoms with Gasteiger partial charge in [0.2, 0.25) is 5.76 Å². The van der Waals surface area contributed by atoms with Crippen LogP contribution in [0.25, 0.3) is 141 Å². The van der Waals surface area contributed by atoms with Crippen LogP contribution in [0, 0.1) is 40.6 Å². The molecule has 0 saturated carbocycles. The molecule has 19 heteroatoms. The molecule has 4 N–H and O–H groups in total. The first-order chi connectivity index (χ1) is 63.5. The highest BCUT2D eigenvalue weighted by Crippen LogP contribution is 2.42. The highest BCUT2D eigenvalue weighted by molar-refractivity contribution is 7.17. The van der Waals surface area contributed by atoms with E-state index in [2.05, 4.69) is 270 Å². The van der Waals surface area contributed by atoms with Crippen molar-refractivity contribution >= 4 is 181 Å². The third kappa shape index (κ3) is 22.6. The largest absolute Gasteiger partial charge is 0.497 e. The smallest absolute Gasteiger partial charge is 0.346 e. The molecule has 0 saturated heterocycles. The van der Waals surface area contributed by atoms with E-state index in [9.17, 15) is 35.0 Å². The van der Waals surface area contributed by atoms with Crippen molar-refractivity contribution in [3.05, 3.63) is 432 Å². The van der Waals surface area contributed by atoms with E-state index in [-0.39, 0.29) is 22.6 Å². The molecular formula is C111H76N6O9S4. The van der Waals surface area contributed by atoms with Crippen LogP contribution in [0.2, 0.25) is 0 Å². The van der Waals surface area contributed by atoms with Gasteiger partial charge in [-0.25, -0.2) is 14.4 Å². The number of hydrogen-bond donors (Lipinski definition) is 4. The van der Waals surface area contributed by atoms with Crippen molar-refractivity contribution in [3.8, 4) is 76.8 Å². The summed E-state index contributed by atoms with van der Waals surface area (Å²) < 4.78 is 10.4. The van der Waals surface area contributed by atoms with Gasteiger partial charge in [-0.3, -0.25) is 4.79 Å². The van der Waals surface area contributed by atoms with E-state index in [0.717, 1.165) is 153 Å². The minimum Gasteiger partial charge on any atom is -0.497 e. The van der Waals surface area contributed by atoms with Gasteiger partial charge in [0, 0.05) is 79.2 Å². The monoisotopic (exact) mass is 1760 g/mol. The summed E-state index contributed by atoms with van der Waals surface area (Å²) in [5, 5.41) is 66.2. The molecule has 0 atom stereocenters. The van der Waals surface area contributed by atoms with Crippen molar-refractivity contribution in [3.63, 3.8) is 0 Å². The van der Waals surface area contributed by atoms with Crippen LogP contribution in [-0.2, 0) is 19.1 Å². The van der Waals surface area contributed by atoms with Crippen LogP contribution < -0.4 is 14.5 Å². The number of carboxylic acids is 3. The molecule has 15 nitrogen and oxygen atoms in total. The maximum Gasteiger partial charge on any atom is 0.346 e. The molecule has 0 aliphatic heterocycles. The summed E-state index contributed by atoms with van der Waals surface area (Å²) in [5.74, 6) is -2.83. The lowest BCUT2D eigenvalue weighted by molar-refractivity contribution is -0.133. The molecule has 0 unspecified atom stereocenters. The van der Waals surface area contributed by atoms with Gasteiger partial charge < -0.3 is 39.7 Å². The molecule has 0 aliphatic carbocycles. The Balaban J connectivity index is 0.000000199. The van der Waals surface area contributed by atoms with E-state index in [1.807, 2.05) is 133 Å². The number of aliphatic carboxylic acids is 3. The normalized spacial score (nSPS) is 11.7. The fourth-order valence-corrected chi connectivity index (χ4v) is 17.8. The average Bonchev–Trinajstić information content (AvgIpc) is 1.04. The van der Waals surface area contributed by atoms with Gasteiger partial charge in [0.1, 0.15) is 35.1 Å². The van der Waals surface area contributed by atoms with Crippen molar-refractivity contribution in [2.75, 3.05) is 23.7 Å². The quantitative estimate of drug-likeness (QED) is 0.00853. The van der Waals surface area contributed by atoms with Crippen molar-refractivity contribution in [1.29, 1.82) is 15.8 Å². The standard InChI is InChI=1S/C56H39N3O4S2.C55H37N3O5S2/c57-36-47(56(61)62)34-52-30-32-54(64-52)45-18-10-39(11-19-45)6-8-41-14-24-48(25-15-41)59(50-28-22-44(23-29-50)43-4-2-1-3-5-43)49-26-16-42(17-27-49)9-7-40-12-20-46(21-13-40)55-33-31-53(65-55)35-51(37-58)63-38-60;1-57-51(55(61)62)34-50-28-30-53(65-50)41-17-9-37(10-18-41)4-6-39-13-23-46(24-14-39)58(47-25-19-43-32-48(63-2)26-20-42(43)31-47)45-21-11-38(12-22-45)5-3-36-7-15-40(16-8-36)52-29-27-49(64-52)33-44(35-56)54(59)60/h1-35,60H,38H2,(H,61,62);3-34H,2H3,(H,59,60)(H,61,62)/b8-6+,9-7+,47-34+,51-35-;5-3+,6-4+,44-33-,51-34-. The first-order valence-corrected chi connectivity index (χ1v) is 43.9. The highest BCUT2D eigenvalue weighted by atomic mass is 32.1. The van der Waals surface area contributed by atoms with E-state index in [1.165, 1.54) is 52.2 Å². The third-order valence-electron chi connectivity index (χ3n) is 20.8. The molecule has 0 radical (unpaired) electrons.